The average Bonchev–Trinajstić information content (AvgIpc) is 3.11. The van der Waals surface area contributed by atoms with Crippen LogP contribution in [-0.2, 0) is 32.0 Å². The molecule has 276 valence electrons. The fraction of sp³-hybridized carbons (Fsp3) is 0.568. The number of phenolic OH excluding ortho intramolecular Hbond substituents is 1. The van der Waals surface area contributed by atoms with Crippen LogP contribution in [0.2, 0.25) is 0 Å². The highest BCUT2D eigenvalue weighted by atomic mass is 16.3. The van der Waals surface area contributed by atoms with Gasteiger partial charge in [-0.1, -0.05) is 36.8 Å². The molecule has 0 unspecified atom stereocenters. The van der Waals surface area contributed by atoms with Gasteiger partial charge in [0.25, 0.3) is 0 Å². The number of nitrogens with zero attached hydrogens (tertiary/aromatic N) is 1. The molecule has 2 aromatic carbocycles. The van der Waals surface area contributed by atoms with E-state index in [2.05, 4.69) is 37.2 Å². The highest BCUT2D eigenvalue weighted by molar-refractivity contribution is 5.93. The molecule has 0 spiro atoms. The Morgan fingerprint density at radius 2 is 1.66 bits per heavy atom. The SMILES string of the molecule is CNCCC[C@@H]1NC(=O)[C@@H](NC)Cc2cc(ccc2O)-c2cccc(c2)C[C@@H](C(=O)NCCCC[C@@H](CC(=O)NCCNC)NC)N(C)C1=O. The van der Waals surface area contributed by atoms with Crippen LogP contribution >= 0.6 is 0 Å². The third-order valence-corrected chi connectivity index (χ3v) is 9.33. The number of phenols is 1. The van der Waals surface area contributed by atoms with E-state index in [0.29, 0.717) is 57.4 Å². The monoisotopic (exact) mass is 694 g/mol. The summed E-state index contributed by atoms with van der Waals surface area (Å²) in [6, 6.07) is 10.8. The van der Waals surface area contributed by atoms with Gasteiger partial charge in [0.15, 0.2) is 0 Å². The molecule has 0 aromatic heterocycles. The molecule has 13 nitrogen and oxygen atoms in total. The number of hydrogen-bond donors (Lipinski definition) is 8. The Labute approximate surface area is 297 Å². The highest BCUT2D eigenvalue weighted by Crippen LogP contribution is 2.28. The number of unbranched alkanes of at least 4 members (excludes halogenated alkanes) is 1. The fourth-order valence-corrected chi connectivity index (χ4v) is 6.21. The summed E-state index contributed by atoms with van der Waals surface area (Å²) >= 11 is 0. The van der Waals surface area contributed by atoms with Crippen molar-refractivity contribution in [2.75, 3.05) is 61.4 Å². The summed E-state index contributed by atoms with van der Waals surface area (Å²) in [5, 5.41) is 31.9. The van der Waals surface area contributed by atoms with Gasteiger partial charge in [-0.05, 0) is 94.8 Å². The van der Waals surface area contributed by atoms with Crippen LogP contribution in [0.25, 0.3) is 11.1 Å². The van der Waals surface area contributed by atoms with Gasteiger partial charge in [-0.3, -0.25) is 19.2 Å². The Hall–Kier alpha value is -4.04. The number of carbonyl (C=O) groups excluding carboxylic acids is 4. The predicted octanol–water partition coefficient (Wildman–Crippen LogP) is 0.657. The van der Waals surface area contributed by atoms with E-state index < -0.39 is 18.1 Å². The van der Waals surface area contributed by atoms with E-state index in [9.17, 15) is 24.3 Å². The second-order valence-electron chi connectivity index (χ2n) is 13.0. The van der Waals surface area contributed by atoms with Crippen LogP contribution in [0.4, 0.5) is 0 Å². The molecule has 0 radical (unpaired) electrons. The van der Waals surface area contributed by atoms with Crippen molar-refractivity contribution >= 4 is 23.6 Å². The van der Waals surface area contributed by atoms with Gasteiger partial charge >= 0.3 is 0 Å². The van der Waals surface area contributed by atoms with Gasteiger partial charge in [-0.2, -0.15) is 0 Å². The molecule has 3 rings (SSSR count). The predicted molar refractivity (Wildman–Crippen MR) is 197 cm³/mol. The van der Waals surface area contributed by atoms with Crippen molar-refractivity contribution in [3.05, 3.63) is 53.6 Å². The Balaban J connectivity index is 1.82. The molecule has 13 heteroatoms. The van der Waals surface area contributed by atoms with Gasteiger partial charge in [0.1, 0.15) is 17.8 Å². The smallest absolute Gasteiger partial charge is 0.245 e. The first-order valence-electron chi connectivity index (χ1n) is 17.8. The van der Waals surface area contributed by atoms with Crippen LogP contribution in [0.3, 0.4) is 0 Å². The van der Waals surface area contributed by atoms with Gasteiger partial charge in [0.05, 0.1) is 6.04 Å². The van der Waals surface area contributed by atoms with Gasteiger partial charge in [0, 0.05) is 52.0 Å². The van der Waals surface area contributed by atoms with Crippen LogP contribution in [0.5, 0.6) is 5.75 Å². The van der Waals surface area contributed by atoms with E-state index in [1.165, 1.54) is 4.90 Å². The lowest BCUT2D eigenvalue weighted by atomic mass is 9.95. The summed E-state index contributed by atoms with van der Waals surface area (Å²) in [7, 11) is 8.82. The zero-order valence-corrected chi connectivity index (χ0v) is 30.4. The first-order valence-corrected chi connectivity index (χ1v) is 17.8. The van der Waals surface area contributed by atoms with Crippen molar-refractivity contribution < 1.29 is 24.3 Å². The summed E-state index contributed by atoms with van der Waals surface area (Å²) in [6.07, 6.45) is 4.19. The number of fused-ring (bicyclic) bond motifs is 5. The minimum Gasteiger partial charge on any atom is -0.508 e. The molecule has 8 N–H and O–H groups in total. The molecular formula is C37H58N8O5. The van der Waals surface area contributed by atoms with E-state index in [4.69, 9.17) is 0 Å². The van der Waals surface area contributed by atoms with E-state index in [-0.39, 0.29) is 48.3 Å². The maximum absolute atomic E-state index is 14.1. The van der Waals surface area contributed by atoms with Gasteiger partial charge in [-0.25, -0.2) is 0 Å². The molecule has 0 aliphatic carbocycles. The van der Waals surface area contributed by atoms with Crippen molar-refractivity contribution in [2.45, 2.75) is 75.5 Å². The number of amides is 4. The highest BCUT2D eigenvalue weighted by Gasteiger charge is 2.33. The number of benzene rings is 2. The number of aromatic hydroxyl groups is 1. The van der Waals surface area contributed by atoms with E-state index in [1.807, 2.05) is 57.5 Å². The number of likely N-dealkylation sites (N-methyl/N-ethyl adjacent to an activating group) is 3. The summed E-state index contributed by atoms with van der Waals surface area (Å²) < 4.78 is 0. The topological polar surface area (TPSA) is 176 Å². The van der Waals surface area contributed by atoms with Crippen LogP contribution in [0.1, 0.15) is 49.7 Å². The molecule has 0 fully saturated rings. The normalized spacial score (nSPS) is 18.8. The molecule has 0 saturated carbocycles. The van der Waals surface area contributed by atoms with Crippen molar-refractivity contribution in [2.24, 2.45) is 0 Å². The third kappa shape index (κ3) is 12.4. The van der Waals surface area contributed by atoms with Crippen LogP contribution < -0.4 is 37.2 Å². The first-order chi connectivity index (χ1) is 24.1. The average molecular weight is 695 g/mol. The molecule has 50 heavy (non-hydrogen) atoms. The fourth-order valence-electron chi connectivity index (χ4n) is 6.21. The van der Waals surface area contributed by atoms with Crippen LogP contribution in [-0.4, -0.2) is 119 Å². The number of rotatable bonds is 17. The summed E-state index contributed by atoms with van der Waals surface area (Å²) in [6.45, 7) is 2.37. The zero-order valence-electron chi connectivity index (χ0n) is 30.4. The van der Waals surface area contributed by atoms with E-state index in [0.717, 1.165) is 29.5 Å². The molecule has 1 heterocycles. The molecule has 1 aliphatic heterocycles. The maximum Gasteiger partial charge on any atom is 0.245 e. The summed E-state index contributed by atoms with van der Waals surface area (Å²) in [4.78, 5) is 55.3. The second kappa shape index (κ2) is 21.2. The second-order valence-corrected chi connectivity index (χ2v) is 13.0. The molecule has 4 amide bonds. The maximum atomic E-state index is 14.1. The lowest BCUT2D eigenvalue weighted by Crippen LogP contribution is -2.57. The zero-order chi connectivity index (χ0) is 36.5. The standard InChI is InChI=1S/C37H58N8O5/c1-38-16-9-13-30-37(50)45(5)32(36(49)43-17-7-6-12-29(40-3)24-34(47)42-19-18-39-2)21-25-10-8-11-26(20-25)27-14-15-33(46)28(22-27)23-31(41-4)35(48)44-30/h8,10-11,14-15,20,22,29-32,38-41,46H,6-7,9,12-13,16-19,21,23-24H2,1-5H3,(H,42,47)(H,43,49)(H,44,48)/t29-,30-,31-,32-/m0/s1. The third-order valence-electron chi connectivity index (χ3n) is 9.33. The molecule has 0 saturated heterocycles. The van der Waals surface area contributed by atoms with Crippen molar-refractivity contribution in [1.82, 2.24) is 42.1 Å². The number of hydrogen-bond acceptors (Lipinski definition) is 9. The lowest BCUT2D eigenvalue weighted by molar-refractivity contribution is -0.142. The molecule has 4 atom stereocenters. The van der Waals surface area contributed by atoms with Crippen molar-refractivity contribution in [1.29, 1.82) is 0 Å². The number of carbonyl (C=O) groups is 4. The minimum absolute atomic E-state index is 0.00177. The molecule has 1 aliphatic rings. The van der Waals surface area contributed by atoms with Gasteiger partial charge < -0.3 is 47.2 Å². The lowest BCUT2D eigenvalue weighted by Gasteiger charge is -2.32. The molecule has 4 bridgehead atoms. The Morgan fingerprint density at radius 3 is 2.38 bits per heavy atom. The molecular weight excluding hydrogens is 636 g/mol. The van der Waals surface area contributed by atoms with Crippen molar-refractivity contribution in [3.63, 3.8) is 0 Å². The first kappa shape index (κ1) is 40.4. The Morgan fingerprint density at radius 1 is 0.900 bits per heavy atom. The molecule has 2 aromatic rings. The number of nitrogens with one attached hydrogen (secondary N) is 7. The van der Waals surface area contributed by atoms with Gasteiger partial charge in [0.2, 0.25) is 23.6 Å². The minimum atomic E-state index is -0.850. The van der Waals surface area contributed by atoms with E-state index >= 15 is 0 Å². The van der Waals surface area contributed by atoms with E-state index in [1.54, 1.807) is 20.2 Å². The summed E-state index contributed by atoms with van der Waals surface area (Å²) in [5.41, 5.74) is 3.26. The van der Waals surface area contributed by atoms with Crippen molar-refractivity contribution in [3.8, 4) is 16.9 Å². The summed E-state index contributed by atoms with van der Waals surface area (Å²) in [5.74, 6) is -0.886. The largest absolute Gasteiger partial charge is 0.508 e. The van der Waals surface area contributed by atoms with Crippen LogP contribution in [0, 0.1) is 0 Å². The van der Waals surface area contributed by atoms with Crippen LogP contribution in [0.15, 0.2) is 42.5 Å². The Kier molecular flexibility index (Phi) is 17.2. The Bertz CT molecular complexity index is 1410. The quantitative estimate of drug-likeness (QED) is 0.111. The van der Waals surface area contributed by atoms with Gasteiger partial charge in [-0.15, -0.1) is 0 Å².